The Balaban J connectivity index is 0.00000364. The van der Waals surface area contributed by atoms with Crippen molar-refractivity contribution >= 4 is 35.6 Å². The summed E-state index contributed by atoms with van der Waals surface area (Å²) >= 11 is 0. The molecule has 1 unspecified atom stereocenters. The van der Waals surface area contributed by atoms with Crippen molar-refractivity contribution in [2.24, 2.45) is 10.7 Å². The lowest BCUT2D eigenvalue weighted by Crippen LogP contribution is -2.49. The van der Waals surface area contributed by atoms with Crippen LogP contribution >= 0.6 is 24.0 Å². The molecule has 2 rings (SSSR count). The average Bonchev–Trinajstić information content (AvgIpc) is 2.63. The molecule has 1 aromatic rings. The molecule has 0 aromatic heterocycles. The van der Waals surface area contributed by atoms with Crippen LogP contribution in [0.2, 0.25) is 0 Å². The lowest BCUT2D eigenvalue weighted by atomic mass is 10.2. The van der Waals surface area contributed by atoms with Gasteiger partial charge in [-0.05, 0) is 40.0 Å². The number of guanidine groups is 1. The zero-order chi connectivity index (χ0) is 18.9. The summed E-state index contributed by atoms with van der Waals surface area (Å²) in [5.41, 5.74) is 6.88. The highest BCUT2D eigenvalue weighted by atomic mass is 127. The topological polar surface area (TPSA) is 75.3 Å². The Bertz CT molecular complexity index is 591. The lowest BCUT2D eigenvalue weighted by Gasteiger charge is -2.35. The summed E-state index contributed by atoms with van der Waals surface area (Å²) in [4.78, 5) is 9.33. The molecule has 3 N–H and O–H groups in total. The van der Waals surface area contributed by atoms with E-state index in [1.54, 1.807) is 0 Å². The predicted molar refractivity (Wildman–Crippen MR) is 123 cm³/mol. The van der Waals surface area contributed by atoms with E-state index in [1.165, 1.54) is 0 Å². The number of likely N-dealkylation sites (N-methyl/N-ethyl adjacent to an activating group) is 1. The van der Waals surface area contributed by atoms with E-state index < -0.39 is 0 Å². The van der Waals surface area contributed by atoms with Crippen molar-refractivity contribution in [3.8, 4) is 11.5 Å². The minimum absolute atomic E-state index is 0. The molecule has 0 spiro atoms. The van der Waals surface area contributed by atoms with Gasteiger partial charge in [0.25, 0.3) is 0 Å². The Hall–Kier alpha value is -1.26. The van der Waals surface area contributed by atoms with Crippen LogP contribution in [0.15, 0.2) is 23.2 Å². The second-order valence-electron chi connectivity index (χ2n) is 6.56. The fraction of sp³-hybridized carbons (Fsp3) is 0.632. The molecule has 1 atom stereocenters. The number of ether oxygens (including phenoxy) is 2. The van der Waals surface area contributed by atoms with Crippen LogP contribution in [0.25, 0.3) is 0 Å². The first-order valence-corrected chi connectivity index (χ1v) is 9.42. The SMILES string of the molecule is CCOc1ccc(OCC)c(NC(N)=NCC(C)N2CCN(C)CC2)c1.I. The van der Waals surface area contributed by atoms with Gasteiger partial charge in [-0.2, -0.15) is 0 Å². The molecule has 27 heavy (non-hydrogen) atoms. The highest BCUT2D eigenvalue weighted by Crippen LogP contribution is 2.29. The van der Waals surface area contributed by atoms with E-state index in [4.69, 9.17) is 15.2 Å². The van der Waals surface area contributed by atoms with Crippen LogP contribution < -0.4 is 20.5 Å². The molecule has 1 heterocycles. The molecule has 0 bridgehead atoms. The summed E-state index contributed by atoms with van der Waals surface area (Å²) in [7, 11) is 2.16. The highest BCUT2D eigenvalue weighted by molar-refractivity contribution is 14.0. The summed E-state index contributed by atoms with van der Waals surface area (Å²) in [6.07, 6.45) is 0. The van der Waals surface area contributed by atoms with Crippen molar-refractivity contribution in [2.45, 2.75) is 26.8 Å². The number of anilines is 1. The molecule has 8 heteroatoms. The van der Waals surface area contributed by atoms with E-state index >= 15 is 0 Å². The Kier molecular flexibility index (Phi) is 10.8. The second kappa shape index (κ2) is 12.2. The maximum atomic E-state index is 6.11. The van der Waals surface area contributed by atoms with Gasteiger partial charge in [0.2, 0.25) is 0 Å². The number of aliphatic imine (C=N–C) groups is 1. The number of piperazine rings is 1. The molecule has 1 aliphatic heterocycles. The minimum atomic E-state index is 0. The summed E-state index contributed by atoms with van der Waals surface area (Å²) in [6, 6.07) is 6.03. The minimum Gasteiger partial charge on any atom is -0.494 e. The summed E-state index contributed by atoms with van der Waals surface area (Å²) < 4.78 is 11.2. The molecule has 7 nitrogen and oxygen atoms in total. The first kappa shape index (κ1) is 23.8. The summed E-state index contributed by atoms with van der Waals surface area (Å²) in [6.45, 7) is 12.3. The smallest absolute Gasteiger partial charge is 0.193 e. The third-order valence-corrected chi connectivity index (χ3v) is 4.51. The molecule has 0 radical (unpaired) electrons. The van der Waals surface area contributed by atoms with Crippen LogP contribution in [0, 0.1) is 0 Å². The van der Waals surface area contributed by atoms with Gasteiger partial charge in [-0.15, -0.1) is 24.0 Å². The number of hydrogen-bond acceptors (Lipinski definition) is 5. The van der Waals surface area contributed by atoms with Gasteiger partial charge >= 0.3 is 0 Å². The fourth-order valence-corrected chi connectivity index (χ4v) is 2.93. The Morgan fingerprint density at radius 3 is 2.48 bits per heavy atom. The number of nitrogens with one attached hydrogen (secondary N) is 1. The average molecular weight is 491 g/mol. The van der Waals surface area contributed by atoms with Crippen molar-refractivity contribution in [3.63, 3.8) is 0 Å². The van der Waals surface area contributed by atoms with Crippen molar-refractivity contribution in [1.29, 1.82) is 0 Å². The predicted octanol–water partition coefficient (Wildman–Crippen LogP) is 2.46. The van der Waals surface area contributed by atoms with Gasteiger partial charge in [-0.25, -0.2) is 0 Å². The lowest BCUT2D eigenvalue weighted by molar-refractivity contribution is 0.122. The van der Waals surface area contributed by atoms with Crippen LogP contribution in [0.1, 0.15) is 20.8 Å². The highest BCUT2D eigenvalue weighted by Gasteiger charge is 2.18. The van der Waals surface area contributed by atoms with Crippen LogP contribution in [-0.2, 0) is 0 Å². The van der Waals surface area contributed by atoms with Gasteiger partial charge in [0.1, 0.15) is 11.5 Å². The first-order chi connectivity index (χ1) is 12.5. The maximum absolute atomic E-state index is 6.11. The fourth-order valence-electron chi connectivity index (χ4n) is 2.93. The number of benzene rings is 1. The monoisotopic (exact) mass is 491 g/mol. The number of rotatable bonds is 8. The van der Waals surface area contributed by atoms with Gasteiger partial charge in [-0.3, -0.25) is 9.89 Å². The third-order valence-electron chi connectivity index (χ3n) is 4.51. The molecule has 1 aliphatic rings. The quantitative estimate of drug-likeness (QED) is 0.331. The van der Waals surface area contributed by atoms with Gasteiger partial charge in [-0.1, -0.05) is 0 Å². The van der Waals surface area contributed by atoms with Gasteiger partial charge in [0.15, 0.2) is 5.96 Å². The second-order valence-corrected chi connectivity index (χ2v) is 6.56. The van der Waals surface area contributed by atoms with E-state index in [9.17, 15) is 0 Å². The third kappa shape index (κ3) is 7.71. The van der Waals surface area contributed by atoms with E-state index in [-0.39, 0.29) is 24.0 Å². The van der Waals surface area contributed by atoms with Crippen LogP contribution in [0.3, 0.4) is 0 Å². The number of halogens is 1. The Morgan fingerprint density at radius 2 is 1.85 bits per heavy atom. The standard InChI is InChI=1S/C19H33N5O2.HI/c1-5-25-16-7-8-18(26-6-2)17(13-16)22-19(20)21-14-15(3)24-11-9-23(4)10-12-24;/h7-8,13,15H,5-6,9-12,14H2,1-4H3,(H3,20,21,22);1H. The molecule has 154 valence electrons. The number of nitrogens with two attached hydrogens (primary N) is 1. The maximum Gasteiger partial charge on any atom is 0.193 e. The molecule has 1 fully saturated rings. The van der Waals surface area contributed by atoms with Crippen LogP contribution in [0.4, 0.5) is 5.69 Å². The van der Waals surface area contributed by atoms with Gasteiger partial charge in [0.05, 0.1) is 25.4 Å². The molecule has 1 aromatic carbocycles. The Morgan fingerprint density at radius 1 is 1.19 bits per heavy atom. The van der Waals surface area contributed by atoms with Crippen LogP contribution in [-0.4, -0.2) is 74.8 Å². The zero-order valence-corrected chi connectivity index (χ0v) is 19.2. The van der Waals surface area contributed by atoms with Gasteiger partial charge < -0.3 is 25.4 Å². The van der Waals surface area contributed by atoms with Crippen molar-refractivity contribution in [3.05, 3.63) is 18.2 Å². The molecular formula is C19H34IN5O2. The summed E-state index contributed by atoms with van der Waals surface area (Å²) in [5, 5.41) is 3.16. The number of hydrogen-bond donors (Lipinski definition) is 2. The van der Waals surface area contributed by atoms with E-state index in [0.29, 0.717) is 31.8 Å². The van der Waals surface area contributed by atoms with E-state index in [0.717, 1.165) is 43.4 Å². The Labute approximate surface area is 180 Å². The molecule has 0 saturated carbocycles. The van der Waals surface area contributed by atoms with Crippen molar-refractivity contribution in [1.82, 2.24) is 9.80 Å². The van der Waals surface area contributed by atoms with Crippen molar-refractivity contribution < 1.29 is 9.47 Å². The molecule has 0 amide bonds. The summed E-state index contributed by atoms with van der Waals surface area (Å²) in [5.74, 6) is 1.90. The van der Waals surface area contributed by atoms with E-state index in [2.05, 4.69) is 34.1 Å². The van der Waals surface area contributed by atoms with Gasteiger partial charge in [0, 0.05) is 38.3 Å². The molecule has 1 saturated heterocycles. The van der Waals surface area contributed by atoms with Crippen LogP contribution in [0.5, 0.6) is 11.5 Å². The van der Waals surface area contributed by atoms with Crippen molar-refractivity contribution in [2.75, 3.05) is 58.3 Å². The van der Waals surface area contributed by atoms with E-state index in [1.807, 2.05) is 32.0 Å². The number of nitrogens with zero attached hydrogens (tertiary/aromatic N) is 3. The molecule has 0 aliphatic carbocycles. The normalized spacial score (nSPS) is 17.1. The first-order valence-electron chi connectivity index (χ1n) is 9.42. The largest absolute Gasteiger partial charge is 0.494 e. The molecular weight excluding hydrogens is 457 g/mol. The zero-order valence-electron chi connectivity index (χ0n) is 16.9.